The number of H-pyrrole nitrogens is 1. The standard InChI is InChI=1S/C12H17N5O3/c1-16-7-11(19)17(12(16)20)4-2-3-10(18)14-6-9-5-13-8-15-9/h5,8H,2-4,6-7H2,1H3,(H,13,15)(H,14,18). The van der Waals surface area contributed by atoms with Gasteiger partial charge in [-0.05, 0) is 6.42 Å². The predicted octanol–water partition coefficient (Wildman–Crippen LogP) is -0.300. The molecule has 1 aliphatic rings. The average molecular weight is 279 g/mol. The molecule has 0 aromatic carbocycles. The minimum absolute atomic E-state index is 0.116. The lowest BCUT2D eigenvalue weighted by Gasteiger charge is -2.13. The van der Waals surface area contributed by atoms with E-state index in [9.17, 15) is 14.4 Å². The Morgan fingerprint density at radius 1 is 1.50 bits per heavy atom. The van der Waals surface area contributed by atoms with Crippen LogP contribution in [-0.4, -0.2) is 57.8 Å². The zero-order chi connectivity index (χ0) is 14.5. The smallest absolute Gasteiger partial charge is 0.326 e. The highest BCUT2D eigenvalue weighted by Gasteiger charge is 2.32. The second kappa shape index (κ2) is 6.18. The zero-order valence-corrected chi connectivity index (χ0v) is 11.3. The molecule has 1 aromatic heterocycles. The molecule has 2 N–H and O–H groups in total. The number of hydrogen-bond acceptors (Lipinski definition) is 4. The van der Waals surface area contributed by atoms with Gasteiger partial charge in [0, 0.05) is 26.2 Å². The van der Waals surface area contributed by atoms with Gasteiger partial charge in [0.05, 0.1) is 18.6 Å². The van der Waals surface area contributed by atoms with Crippen LogP contribution >= 0.6 is 0 Å². The number of carbonyl (C=O) groups is 3. The molecule has 1 aromatic rings. The first kappa shape index (κ1) is 14.0. The van der Waals surface area contributed by atoms with E-state index in [-0.39, 0.29) is 37.4 Å². The molecule has 8 heteroatoms. The minimum atomic E-state index is -0.298. The van der Waals surface area contributed by atoms with Crippen molar-refractivity contribution in [1.29, 1.82) is 0 Å². The normalized spacial score (nSPS) is 15.1. The number of carbonyl (C=O) groups excluding carboxylic acids is 3. The van der Waals surface area contributed by atoms with E-state index < -0.39 is 0 Å². The SMILES string of the molecule is CN1CC(=O)N(CCCC(=O)NCc2cnc[nH]2)C1=O. The summed E-state index contributed by atoms with van der Waals surface area (Å²) in [6.07, 6.45) is 3.91. The number of hydrogen-bond donors (Lipinski definition) is 2. The fourth-order valence-corrected chi connectivity index (χ4v) is 1.95. The van der Waals surface area contributed by atoms with Gasteiger partial charge in [-0.3, -0.25) is 14.5 Å². The Kier molecular flexibility index (Phi) is 4.34. The number of likely N-dealkylation sites (N-methyl/N-ethyl adjacent to an activating group) is 1. The lowest BCUT2D eigenvalue weighted by Crippen LogP contribution is -2.33. The highest BCUT2D eigenvalue weighted by molar-refractivity contribution is 6.01. The number of urea groups is 1. The molecule has 0 spiro atoms. The molecule has 1 fully saturated rings. The number of aromatic nitrogens is 2. The highest BCUT2D eigenvalue weighted by atomic mass is 16.2. The zero-order valence-electron chi connectivity index (χ0n) is 11.3. The summed E-state index contributed by atoms with van der Waals surface area (Å²) < 4.78 is 0. The van der Waals surface area contributed by atoms with Crippen LogP contribution in [0.4, 0.5) is 4.79 Å². The summed E-state index contributed by atoms with van der Waals surface area (Å²) in [5.41, 5.74) is 0.824. The van der Waals surface area contributed by atoms with Gasteiger partial charge in [-0.1, -0.05) is 0 Å². The quantitative estimate of drug-likeness (QED) is 0.698. The fraction of sp³-hybridized carbons (Fsp3) is 0.500. The molecule has 0 bridgehead atoms. The number of nitrogens with one attached hydrogen (secondary N) is 2. The van der Waals surface area contributed by atoms with E-state index in [4.69, 9.17) is 0 Å². The van der Waals surface area contributed by atoms with Crippen LogP contribution in [-0.2, 0) is 16.1 Å². The van der Waals surface area contributed by atoms with Crippen molar-refractivity contribution < 1.29 is 14.4 Å². The summed E-state index contributed by atoms with van der Waals surface area (Å²) in [6.45, 7) is 0.785. The topological polar surface area (TPSA) is 98.4 Å². The van der Waals surface area contributed by atoms with Crippen LogP contribution in [0.2, 0.25) is 0 Å². The van der Waals surface area contributed by atoms with Crippen molar-refractivity contribution in [2.45, 2.75) is 19.4 Å². The second-order valence-corrected chi connectivity index (χ2v) is 4.64. The van der Waals surface area contributed by atoms with Crippen LogP contribution in [0.5, 0.6) is 0 Å². The lowest BCUT2D eigenvalue weighted by atomic mass is 10.2. The van der Waals surface area contributed by atoms with Gasteiger partial charge in [-0.25, -0.2) is 9.78 Å². The van der Waals surface area contributed by atoms with E-state index in [1.165, 1.54) is 9.80 Å². The third-order valence-electron chi connectivity index (χ3n) is 3.05. The summed E-state index contributed by atoms with van der Waals surface area (Å²) >= 11 is 0. The summed E-state index contributed by atoms with van der Waals surface area (Å²) in [4.78, 5) is 44.0. The Balaban J connectivity index is 1.66. The number of amides is 4. The van der Waals surface area contributed by atoms with Crippen molar-refractivity contribution >= 4 is 17.8 Å². The molecule has 4 amide bonds. The van der Waals surface area contributed by atoms with Gasteiger partial charge in [0.25, 0.3) is 0 Å². The molecule has 0 saturated carbocycles. The summed E-state index contributed by atoms with van der Waals surface area (Å²) in [5, 5.41) is 2.73. The summed E-state index contributed by atoms with van der Waals surface area (Å²) in [6, 6.07) is -0.298. The molecule has 20 heavy (non-hydrogen) atoms. The van der Waals surface area contributed by atoms with E-state index in [0.717, 1.165) is 5.69 Å². The lowest BCUT2D eigenvalue weighted by molar-refractivity contribution is -0.126. The number of nitrogens with zero attached hydrogens (tertiary/aromatic N) is 3. The molecule has 0 aliphatic carbocycles. The molecule has 1 saturated heterocycles. The van der Waals surface area contributed by atoms with Crippen LogP contribution in [0.3, 0.4) is 0 Å². The van der Waals surface area contributed by atoms with Gasteiger partial charge < -0.3 is 15.2 Å². The van der Waals surface area contributed by atoms with Crippen molar-refractivity contribution in [3.63, 3.8) is 0 Å². The molecule has 108 valence electrons. The van der Waals surface area contributed by atoms with Crippen molar-refractivity contribution in [3.05, 3.63) is 18.2 Å². The number of aromatic amines is 1. The van der Waals surface area contributed by atoms with Crippen LogP contribution in [0.25, 0.3) is 0 Å². The van der Waals surface area contributed by atoms with Gasteiger partial charge in [-0.2, -0.15) is 0 Å². The van der Waals surface area contributed by atoms with Crippen LogP contribution < -0.4 is 5.32 Å². The Hall–Kier alpha value is -2.38. The van der Waals surface area contributed by atoms with Gasteiger partial charge >= 0.3 is 6.03 Å². The van der Waals surface area contributed by atoms with E-state index >= 15 is 0 Å². The number of imide groups is 1. The monoisotopic (exact) mass is 279 g/mol. The Morgan fingerprint density at radius 3 is 2.90 bits per heavy atom. The van der Waals surface area contributed by atoms with Gasteiger partial charge in [-0.15, -0.1) is 0 Å². The average Bonchev–Trinajstić information content (AvgIpc) is 3.00. The summed E-state index contributed by atoms with van der Waals surface area (Å²) in [5.74, 6) is -0.331. The molecule has 0 unspecified atom stereocenters. The third-order valence-corrected chi connectivity index (χ3v) is 3.05. The van der Waals surface area contributed by atoms with E-state index in [2.05, 4.69) is 15.3 Å². The van der Waals surface area contributed by atoms with E-state index in [0.29, 0.717) is 13.0 Å². The third kappa shape index (κ3) is 3.34. The van der Waals surface area contributed by atoms with Gasteiger partial charge in [0.2, 0.25) is 11.8 Å². The molecule has 2 rings (SSSR count). The first-order valence-electron chi connectivity index (χ1n) is 6.37. The minimum Gasteiger partial charge on any atom is -0.350 e. The van der Waals surface area contributed by atoms with Crippen LogP contribution in [0, 0.1) is 0 Å². The van der Waals surface area contributed by atoms with E-state index in [1.807, 2.05) is 0 Å². The van der Waals surface area contributed by atoms with Crippen molar-refractivity contribution in [1.82, 2.24) is 25.1 Å². The molecular weight excluding hydrogens is 262 g/mol. The molecule has 2 heterocycles. The van der Waals surface area contributed by atoms with Crippen LogP contribution in [0.1, 0.15) is 18.5 Å². The van der Waals surface area contributed by atoms with Crippen molar-refractivity contribution in [3.8, 4) is 0 Å². The fourth-order valence-electron chi connectivity index (χ4n) is 1.95. The number of imidazole rings is 1. The molecule has 1 aliphatic heterocycles. The molecule has 8 nitrogen and oxygen atoms in total. The molecule has 0 atom stereocenters. The summed E-state index contributed by atoms with van der Waals surface area (Å²) in [7, 11) is 1.58. The first-order chi connectivity index (χ1) is 9.58. The van der Waals surface area contributed by atoms with Crippen molar-refractivity contribution in [2.75, 3.05) is 20.1 Å². The maximum atomic E-state index is 11.6. The van der Waals surface area contributed by atoms with Gasteiger partial charge in [0.1, 0.15) is 6.54 Å². The maximum Gasteiger partial charge on any atom is 0.326 e. The predicted molar refractivity (Wildman–Crippen MR) is 69.4 cm³/mol. The molecule has 0 radical (unpaired) electrons. The Labute approximate surface area is 116 Å². The van der Waals surface area contributed by atoms with Crippen molar-refractivity contribution in [2.24, 2.45) is 0 Å². The largest absolute Gasteiger partial charge is 0.350 e. The van der Waals surface area contributed by atoms with E-state index in [1.54, 1.807) is 19.6 Å². The molecular formula is C12H17N5O3. The Bertz CT molecular complexity index is 499. The second-order valence-electron chi connectivity index (χ2n) is 4.64. The highest BCUT2D eigenvalue weighted by Crippen LogP contribution is 2.09. The van der Waals surface area contributed by atoms with Crippen LogP contribution in [0.15, 0.2) is 12.5 Å². The first-order valence-corrected chi connectivity index (χ1v) is 6.37. The number of rotatable bonds is 6. The Morgan fingerprint density at radius 2 is 2.30 bits per heavy atom. The van der Waals surface area contributed by atoms with Gasteiger partial charge in [0.15, 0.2) is 0 Å². The maximum absolute atomic E-state index is 11.6.